The number of hydrogen-bond donors (Lipinski definition) is 1. The first-order chi connectivity index (χ1) is 8.18. The molecule has 17 heavy (non-hydrogen) atoms. The monoisotopic (exact) mass is 235 g/mol. The number of rotatable bonds is 4. The lowest BCUT2D eigenvalue weighted by Gasteiger charge is -2.25. The van der Waals surface area contributed by atoms with Crippen LogP contribution >= 0.6 is 0 Å². The van der Waals surface area contributed by atoms with Crippen LogP contribution in [0.2, 0.25) is 0 Å². The standard InChI is InChI=1S/C13H17NO3/c1-14(13(10-15)7-8-13)12(16)17-9-11-5-3-2-4-6-11/h2-6,15H,7-10H2,1H3. The van der Waals surface area contributed by atoms with Crippen LogP contribution < -0.4 is 0 Å². The van der Waals surface area contributed by atoms with Crippen molar-refractivity contribution in [2.24, 2.45) is 0 Å². The molecule has 92 valence electrons. The maximum atomic E-state index is 11.8. The van der Waals surface area contributed by atoms with Crippen molar-refractivity contribution in [2.75, 3.05) is 13.7 Å². The first-order valence-electron chi connectivity index (χ1n) is 5.73. The number of likely N-dealkylation sites (N-methyl/N-ethyl adjacent to an activating group) is 1. The Bertz CT molecular complexity index is 387. The summed E-state index contributed by atoms with van der Waals surface area (Å²) in [6.07, 6.45) is 1.32. The SMILES string of the molecule is CN(C(=O)OCc1ccccc1)C1(CO)CC1. The number of benzene rings is 1. The van der Waals surface area contributed by atoms with Crippen LogP contribution in [0.15, 0.2) is 30.3 Å². The van der Waals surface area contributed by atoms with Crippen LogP contribution in [0.1, 0.15) is 18.4 Å². The molecule has 2 rings (SSSR count). The summed E-state index contributed by atoms with van der Waals surface area (Å²) in [7, 11) is 1.68. The predicted octanol–water partition coefficient (Wildman–Crippen LogP) is 1.78. The van der Waals surface area contributed by atoms with Crippen molar-refractivity contribution in [3.05, 3.63) is 35.9 Å². The number of amides is 1. The van der Waals surface area contributed by atoms with Crippen LogP contribution in [0.3, 0.4) is 0 Å². The average molecular weight is 235 g/mol. The van der Waals surface area contributed by atoms with Gasteiger partial charge in [-0.15, -0.1) is 0 Å². The Hall–Kier alpha value is -1.55. The molecule has 1 saturated carbocycles. The van der Waals surface area contributed by atoms with Crippen molar-refractivity contribution >= 4 is 6.09 Å². The molecule has 0 unspecified atom stereocenters. The molecular weight excluding hydrogens is 218 g/mol. The summed E-state index contributed by atoms with van der Waals surface area (Å²) in [6, 6.07) is 9.55. The molecule has 0 aliphatic heterocycles. The van der Waals surface area contributed by atoms with E-state index >= 15 is 0 Å². The number of carbonyl (C=O) groups excluding carboxylic acids is 1. The largest absolute Gasteiger partial charge is 0.445 e. The first-order valence-corrected chi connectivity index (χ1v) is 5.73. The fourth-order valence-electron chi connectivity index (χ4n) is 1.75. The Balaban J connectivity index is 1.86. The van der Waals surface area contributed by atoms with E-state index < -0.39 is 0 Å². The highest BCUT2D eigenvalue weighted by molar-refractivity contribution is 5.69. The Morgan fingerprint density at radius 3 is 2.59 bits per heavy atom. The molecule has 1 aliphatic carbocycles. The van der Waals surface area contributed by atoms with E-state index in [1.807, 2.05) is 30.3 Å². The second-order valence-electron chi connectivity index (χ2n) is 4.48. The highest BCUT2D eigenvalue weighted by atomic mass is 16.6. The maximum Gasteiger partial charge on any atom is 0.410 e. The summed E-state index contributed by atoms with van der Waals surface area (Å²) in [5.74, 6) is 0. The quantitative estimate of drug-likeness (QED) is 0.865. The number of nitrogens with zero attached hydrogens (tertiary/aromatic N) is 1. The van der Waals surface area contributed by atoms with Crippen LogP contribution in [0, 0.1) is 0 Å². The minimum atomic E-state index is -0.375. The van der Waals surface area contributed by atoms with E-state index in [0.29, 0.717) is 0 Å². The number of aliphatic hydroxyl groups excluding tert-OH is 1. The first kappa shape index (κ1) is 11.9. The van der Waals surface area contributed by atoms with Crippen LogP contribution in [0.4, 0.5) is 4.79 Å². The molecular formula is C13H17NO3. The zero-order chi connectivity index (χ0) is 12.3. The van der Waals surface area contributed by atoms with Crippen molar-refractivity contribution in [1.29, 1.82) is 0 Å². The molecule has 0 aromatic heterocycles. The van der Waals surface area contributed by atoms with Gasteiger partial charge in [-0.2, -0.15) is 0 Å². The lowest BCUT2D eigenvalue weighted by atomic mass is 10.2. The van der Waals surface area contributed by atoms with Gasteiger partial charge in [-0.1, -0.05) is 30.3 Å². The van der Waals surface area contributed by atoms with E-state index in [-0.39, 0.29) is 24.8 Å². The van der Waals surface area contributed by atoms with E-state index in [1.165, 1.54) is 4.90 Å². The molecule has 1 amide bonds. The Morgan fingerprint density at radius 2 is 2.06 bits per heavy atom. The van der Waals surface area contributed by atoms with E-state index in [0.717, 1.165) is 18.4 Å². The lowest BCUT2D eigenvalue weighted by molar-refractivity contribution is 0.0688. The third-order valence-electron chi connectivity index (χ3n) is 3.31. The molecule has 0 atom stereocenters. The highest BCUT2D eigenvalue weighted by Crippen LogP contribution is 2.40. The molecule has 1 aromatic carbocycles. The number of carbonyl (C=O) groups is 1. The van der Waals surface area contributed by atoms with Crippen LogP contribution in [0.25, 0.3) is 0 Å². The van der Waals surface area contributed by atoms with E-state index in [4.69, 9.17) is 4.74 Å². The molecule has 0 saturated heterocycles. The number of hydrogen-bond acceptors (Lipinski definition) is 3. The Morgan fingerprint density at radius 1 is 1.41 bits per heavy atom. The van der Waals surface area contributed by atoms with Crippen LogP contribution in [-0.4, -0.2) is 35.3 Å². The predicted molar refractivity (Wildman–Crippen MR) is 63.4 cm³/mol. The van der Waals surface area contributed by atoms with Crippen LogP contribution in [0.5, 0.6) is 0 Å². The minimum Gasteiger partial charge on any atom is -0.445 e. The Labute approximate surface area is 101 Å². The van der Waals surface area contributed by atoms with Gasteiger partial charge in [0.25, 0.3) is 0 Å². The molecule has 1 fully saturated rings. The summed E-state index contributed by atoms with van der Waals surface area (Å²) in [4.78, 5) is 13.3. The van der Waals surface area contributed by atoms with Gasteiger partial charge in [0.15, 0.2) is 0 Å². The summed E-state index contributed by atoms with van der Waals surface area (Å²) in [6.45, 7) is 0.273. The van der Waals surface area contributed by atoms with Gasteiger partial charge in [0.1, 0.15) is 6.61 Å². The van der Waals surface area contributed by atoms with Crippen molar-refractivity contribution in [3.63, 3.8) is 0 Å². The second-order valence-corrected chi connectivity index (χ2v) is 4.48. The average Bonchev–Trinajstić information content (AvgIpc) is 3.17. The zero-order valence-corrected chi connectivity index (χ0v) is 9.93. The Kier molecular flexibility index (Phi) is 3.33. The van der Waals surface area contributed by atoms with Gasteiger partial charge < -0.3 is 14.7 Å². The molecule has 1 aromatic rings. The molecule has 0 radical (unpaired) electrons. The number of aliphatic hydroxyl groups is 1. The minimum absolute atomic E-state index is 0.00391. The summed E-state index contributed by atoms with van der Waals surface area (Å²) >= 11 is 0. The fourth-order valence-corrected chi connectivity index (χ4v) is 1.75. The lowest BCUT2D eigenvalue weighted by Crippen LogP contribution is -2.41. The van der Waals surface area contributed by atoms with Gasteiger partial charge in [0.2, 0.25) is 0 Å². The van der Waals surface area contributed by atoms with Crippen LogP contribution in [-0.2, 0) is 11.3 Å². The third kappa shape index (κ3) is 2.58. The van der Waals surface area contributed by atoms with Gasteiger partial charge in [0.05, 0.1) is 12.1 Å². The summed E-state index contributed by atoms with van der Waals surface area (Å²) in [5.41, 5.74) is 0.594. The third-order valence-corrected chi connectivity index (χ3v) is 3.31. The van der Waals surface area contributed by atoms with Crippen molar-refractivity contribution < 1.29 is 14.6 Å². The van der Waals surface area contributed by atoms with Gasteiger partial charge in [-0.05, 0) is 18.4 Å². The van der Waals surface area contributed by atoms with Gasteiger partial charge in [0, 0.05) is 7.05 Å². The number of ether oxygens (including phenoxy) is 1. The molecule has 1 N–H and O–H groups in total. The topological polar surface area (TPSA) is 49.8 Å². The smallest absolute Gasteiger partial charge is 0.410 e. The molecule has 4 heteroatoms. The van der Waals surface area contributed by atoms with E-state index in [1.54, 1.807) is 7.05 Å². The van der Waals surface area contributed by atoms with Gasteiger partial charge >= 0.3 is 6.09 Å². The zero-order valence-electron chi connectivity index (χ0n) is 9.93. The van der Waals surface area contributed by atoms with Gasteiger partial charge in [-0.25, -0.2) is 4.79 Å². The summed E-state index contributed by atoms with van der Waals surface area (Å²) < 4.78 is 5.19. The fraction of sp³-hybridized carbons (Fsp3) is 0.462. The second kappa shape index (κ2) is 4.75. The van der Waals surface area contributed by atoms with Gasteiger partial charge in [-0.3, -0.25) is 0 Å². The summed E-state index contributed by atoms with van der Waals surface area (Å²) in [5, 5.41) is 9.21. The normalized spacial score (nSPS) is 16.4. The highest BCUT2D eigenvalue weighted by Gasteiger charge is 2.48. The molecule has 0 bridgehead atoms. The maximum absolute atomic E-state index is 11.8. The molecule has 1 aliphatic rings. The molecule has 0 heterocycles. The van der Waals surface area contributed by atoms with E-state index in [9.17, 15) is 9.90 Å². The van der Waals surface area contributed by atoms with Crippen molar-refractivity contribution in [2.45, 2.75) is 25.0 Å². The van der Waals surface area contributed by atoms with Crippen molar-refractivity contribution in [3.8, 4) is 0 Å². The molecule has 0 spiro atoms. The van der Waals surface area contributed by atoms with Crippen molar-refractivity contribution in [1.82, 2.24) is 4.90 Å². The molecule has 4 nitrogen and oxygen atoms in total. The van der Waals surface area contributed by atoms with E-state index in [2.05, 4.69) is 0 Å².